The summed E-state index contributed by atoms with van der Waals surface area (Å²) in [5, 5.41) is 5.87. The van der Waals surface area contributed by atoms with Gasteiger partial charge < -0.3 is 15.5 Å². The largest absolute Gasteiger partial charge is 0.326 e. The van der Waals surface area contributed by atoms with Crippen LogP contribution in [0.1, 0.15) is 19.8 Å². The SMILES string of the molecule is CNCC(C)C(=O)Nc1cccc(N2CCCC2=O)c1. The predicted octanol–water partition coefficient (Wildman–Crippen LogP) is 1.61. The monoisotopic (exact) mass is 275 g/mol. The molecule has 0 radical (unpaired) electrons. The Hall–Kier alpha value is -1.88. The molecule has 1 atom stereocenters. The van der Waals surface area contributed by atoms with E-state index in [9.17, 15) is 9.59 Å². The Balaban J connectivity index is 2.06. The lowest BCUT2D eigenvalue weighted by molar-refractivity contribution is -0.119. The average molecular weight is 275 g/mol. The van der Waals surface area contributed by atoms with Crippen molar-refractivity contribution in [3.63, 3.8) is 0 Å². The average Bonchev–Trinajstić information content (AvgIpc) is 2.85. The van der Waals surface area contributed by atoms with Crippen molar-refractivity contribution in [2.24, 2.45) is 5.92 Å². The Kier molecular flexibility index (Phi) is 4.74. The van der Waals surface area contributed by atoms with Crippen LogP contribution < -0.4 is 15.5 Å². The van der Waals surface area contributed by atoms with Gasteiger partial charge in [0.05, 0.1) is 0 Å². The Morgan fingerprint density at radius 2 is 2.25 bits per heavy atom. The summed E-state index contributed by atoms with van der Waals surface area (Å²) in [7, 11) is 1.82. The van der Waals surface area contributed by atoms with Crippen LogP contribution in [0.25, 0.3) is 0 Å². The van der Waals surface area contributed by atoms with Crippen molar-refractivity contribution in [1.29, 1.82) is 0 Å². The summed E-state index contributed by atoms with van der Waals surface area (Å²) in [6, 6.07) is 7.45. The Morgan fingerprint density at radius 1 is 1.45 bits per heavy atom. The van der Waals surface area contributed by atoms with Gasteiger partial charge in [0, 0.05) is 36.8 Å². The van der Waals surface area contributed by atoms with Gasteiger partial charge in [0.1, 0.15) is 0 Å². The van der Waals surface area contributed by atoms with E-state index in [2.05, 4.69) is 10.6 Å². The third kappa shape index (κ3) is 3.36. The first-order valence-electron chi connectivity index (χ1n) is 6.97. The maximum Gasteiger partial charge on any atom is 0.228 e. The van der Waals surface area contributed by atoms with E-state index in [-0.39, 0.29) is 17.7 Å². The number of amides is 2. The number of benzene rings is 1. The van der Waals surface area contributed by atoms with Gasteiger partial charge in [-0.1, -0.05) is 13.0 Å². The highest BCUT2D eigenvalue weighted by Gasteiger charge is 2.22. The number of hydrogen-bond donors (Lipinski definition) is 2. The Bertz CT molecular complexity index is 502. The number of carbonyl (C=O) groups is 2. The highest BCUT2D eigenvalue weighted by atomic mass is 16.2. The van der Waals surface area contributed by atoms with Crippen LogP contribution in [0.5, 0.6) is 0 Å². The fourth-order valence-electron chi connectivity index (χ4n) is 2.34. The third-order valence-corrected chi connectivity index (χ3v) is 3.46. The van der Waals surface area contributed by atoms with Crippen LogP contribution in [-0.2, 0) is 9.59 Å². The Labute approximate surface area is 119 Å². The number of anilines is 2. The van der Waals surface area contributed by atoms with Gasteiger partial charge in [-0.3, -0.25) is 9.59 Å². The highest BCUT2D eigenvalue weighted by molar-refractivity contribution is 5.97. The lowest BCUT2D eigenvalue weighted by atomic mass is 10.1. The molecule has 1 aliphatic rings. The molecular weight excluding hydrogens is 254 g/mol. The van der Waals surface area contributed by atoms with Crippen molar-refractivity contribution >= 4 is 23.2 Å². The van der Waals surface area contributed by atoms with Crippen LogP contribution >= 0.6 is 0 Å². The number of rotatable bonds is 5. The molecule has 0 aromatic heterocycles. The molecule has 2 amide bonds. The van der Waals surface area contributed by atoms with Crippen LogP contribution in [0.4, 0.5) is 11.4 Å². The molecule has 0 spiro atoms. The number of hydrogen-bond acceptors (Lipinski definition) is 3. The zero-order valence-electron chi connectivity index (χ0n) is 12.0. The molecule has 2 rings (SSSR count). The van der Waals surface area contributed by atoms with Crippen molar-refractivity contribution in [3.8, 4) is 0 Å². The third-order valence-electron chi connectivity index (χ3n) is 3.46. The molecule has 0 saturated carbocycles. The quantitative estimate of drug-likeness (QED) is 0.858. The second-order valence-electron chi connectivity index (χ2n) is 5.15. The molecule has 20 heavy (non-hydrogen) atoms. The van der Waals surface area contributed by atoms with E-state index < -0.39 is 0 Å². The van der Waals surface area contributed by atoms with E-state index in [1.54, 1.807) is 4.90 Å². The first kappa shape index (κ1) is 14.5. The molecule has 5 nitrogen and oxygen atoms in total. The minimum absolute atomic E-state index is 0.0238. The van der Waals surface area contributed by atoms with Gasteiger partial charge in [-0.15, -0.1) is 0 Å². The number of nitrogens with zero attached hydrogens (tertiary/aromatic N) is 1. The minimum atomic E-state index is -0.0999. The van der Waals surface area contributed by atoms with E-state index in [0.717, 1.165) is 24.3 Å². The van der Waals surface area contributed by atoms with E-state index >= 15 is 0 Å². The van der Waals surface area contributed by atoms with Crippen LogP contribution in [0.2, 0.25) is 0 Å². The normalized spacial score (nSPS) is 16.3. The zero-order chi connectivity index (χ0) is 14.5. The molecule has 108 valence electrons. The summed E-state index contributed by atoms with van der Waals surface area (Å²) in [6.45, 7) is 3.27. The molecule has 1 unspecified atom stereocenters. The summed E-state index contributed by atoms with van der Waals surface area (Å²) in [4.78, 5) is 25.5. The second-order valence-corrected chi connectivity index (χ2v) is 5.15. The molecule has 2 N–H and O–H groups in total. The van der Waals surface area contributed by atoms with Crippen molar-refractivity contribution in [2.45, 2.75) is 19.8 Å². The van der Waals surface area contributed by atoms with Crippen molar-refractivity contribution in [3.05, 3.63) is 24.3 Å². The van der Waals surface area contributed by atoms with Crippen LogP contribution in [0.15, 0.2) is 24.3 Å². The molecule has 0 aliphatic carbocycles. The maximum atomic E-state index is 12.0. The summed E-state index contributed by atoms with van der Waals surface area (Å²) in [5.74, 6) is 0.0263. The predicted molar refractivity (Wildman–Crippen MR) is 79.7 cm³/mol. The van der Waals surface area contributed by atoms with Crippen molar-refractivity contribution in [2.75, 3.05) is 30.4 Å². The summed E-state index contributed by atoms with van der Waals surface area (Å²) >= 11 is 0. The molecule has 1 heterocycles. The zero-order valence-corrected chi connectivity index (χ0v) is 12.0. The topological polar surface area (TPSA) is 61.4 Å². The second kappa shape index (κ2) is 6.52. The number of nitrogens with one attached hydrogen (secondary N) is 2. The lowest BCUT2D eigenvalue weighted by Crippen LogP contribution is -2.29. The standard InChI is InChI=1S/C15H21N3O2/c1-11(10-16-2)15(20)17-12-5-3-6-13(9-12)18-8-4-7-14(18)19/h3,5-6,9,11,16H,4,7-8,10H2,1-2H3,(H,17,20). The van der Waals surface area contributed by atoms with E-state index in [0.29, 0.717) is 13.0 Å². The molecule has 1 saturated heterocycles. The van der Waals surface area contributed by atoms with Gasteiger partial charge >= 0.3 is 0 Å². The summed E-state index contributed by atoms with van der Waals surface area (Å²) in [6.07, 6.45) is 1.50. The van der Waals surface area contributed by atoms with E-state index in [1.807, 2.05) is 38.2 Å². The fraction of sp³-hybridized carbons (Fsp3) is 0.467. The molecule has 1 aliphatic heterocycles. The molecule has 1 fully saturated rings. The van der Waals surface area contributed by atoms with Gasteiger partial charge in [-0.2, -0.15) is 0 Å². The minimum Gasteiger partial charge on any atom is -0.326 e. The first-order valence-corrected chi connectivity index (χ1v) is 6.97. The van der Waals surface area contributed by atoms with Crippen molar-refractivity contribution in [1.82, 2.24) is 5.32 Å². The van der Waals surface area contributed by atoms with Gasteiger partial charge in [0.2, 0.25) is 11.8 Å². The Morgan fingerprint density at radius 3 is 2.90 bits per heavy atom. The highest BCUT2D eigenvalue weighted by Crippen LogP contribution is 2.24. The fourth-order valence-corrected chi connectivity index (χ4v) is 2.34. The van der Waals surface area contributed by atoms with Crippen LogP contribution in [-0.4, -0.2) is 32.0 Å². The van der Waals surface area contributed by atoms with Crippen molar-refractivity contribution < 1.29 is 9.59 Å². The molecule has 5 heteroatoms. The molecular formula is C15H21N3O2. The summed E-state index contributed by atoms with van der Waals surface area (Å²) < 4.78 is 0. The van der Waals surface area contributed by atoms with Gasteiger partial charge in [0.25, 0.3) is 0 Å². The summed E-state index contributed by atoms with van der Waals surface area (Å²) in [5.41, 5.74) is 1.58. The lowest BCUT2D eigenvalue weighted by Gasteiger charge is -2.17. The molecule has 1 aromatic carbocycles. The maximum absolute atomic E-state index is 12.0. The van der Waals surface area contributed by atoms with E-state index in [1.165, 1.54) is 0 Å². The number of carbonyl (C=O) groups excluding carboxylic acids is 2. The van der Waals surface area contributed by atoms with Crippen LogP contribution in [0, 0.1) is 5.92 Å². The van der Waals surface area contributed by atoms with E-state index in [4.69, 9.17) is 0 Å². The van der Waals surface area contributed by atoms with Crippen LogP contribution in [0.3, 0.4) is 0 Å². The first-order chi connectivity index (χ1) is 9.61. The van der Waals surface area contributed by atoms with Gasteiger partial charge in [0.15, 0.2) is 0 Å². The van der Waals surface area contributed by atoms with Gasteiger partial charge in [-0.25, -0.2) is 0 Å². The van der Waals surface area contributed by atoms with Gasteiger partial charge in [-0.05, 0) is 31.7 Å². The smallest absolute Gasteiger partial charge is 0.228 e. The molecule has 1 aromatic rings. The molecule has 0 bridgehead atoms.